The van der Waals surface area contributed by atoms with Crippen LogP contribution in [0.3, 0.4) is 0 Å². The first kappa shape index (κ1) is 9.58. The Bertz CT molecular complexity index is 459. The number of aromatic amines is 1. The van der Waals surface area contributed by atoms with Gasteiger partial charge in [-0.05, 0) is 12.1 Å². The smallest absolute Gasteiger partial charge is 0.0880 e. The Balaban J connectivity index is 2.46. The van der Waals surface area contributed by atoms with Gasteiger partial charge < -0.3 is 10.6 Å². The van der Waals surface area contributed by atoms with Crippen molar-refractivity contribution in [1.82, 2.24) is 10.2 Å². The van der Waals surface area contributed by atoms with Crippen molar-refractivity contribution in [3.05, 3.63) is 30.5 Å². The van der Waals surface area contributed by atoms with Crippen molar-refractivity contribution in [2.45, 2.75) is 0 Å². The molecule has 4 nitrogen and oxygen atoms in total. The summed E-state index contributed by atoms with van der Waals surface area (Å²) >= 11 is 0. The van der Waals surface area contributed by atoms with Crippen LogP contribution in [0.15, 0.2) is 30.5 Å². The van der Waals surface area contributed by atoms with Gasteiger partial charge in [-0.15, -0.1) is 0 Å². The minimum Gasteiger partial charge on any atom is -0.396 e. The van der Waals surface area contributed by atoms with Crippen LogP contribution in [0.1, 0.15) is 0 Å². The van der Waals surface area contributed by atoms with E-state index in [2.05, 4.69) is 27.2 Å². The summed E-state index contributed by atoms with van der Waals surface area (Å²) in [6.45, 7) is 0. The zero-order chi connectivity index (χ0) is 10.8. The van der Waals surface area contributed by atoms with E-state index in [1.807, 2.05) is 26.2 Å². The van der Waals surface area contributed by atoms with Crippen molar-refractivity contribution in [2.24, 2.45) is 0 Å². The van der Waals surface area contributed by atoms with Crippen LogP contribution in [0.5, 0.6) is 0 Å². The Morgan fingerprint density at radius 3 is 2.73 bits per heavy atom. The monoisotopic (exact) mass is 202 g/mol. The van der Waals surface area contributed by atoms with Crippen LogP contribution in [0.25, 0.3) is 11.3 Å². The Labute approximate surface area is 88.7 Å². The highest BCUT2D eigenvalue weighted by atomic mass is 15.1. The van der Waals surface area contributed by atoms with Crippen LogP contribution in [0.4, 0.5) is 11.4 Å². The van der Waals surface area contributed by atoms with Crippen molar-refractivity contribution in [2.75, 3.05) is 24.7 Å². The maximum absolute atomic E-state index is 5.79. The minimum absolute atomic E-state index is 0.672. The number of nitrogen functional groups attached to an aromatic ring is 1. The van der Waals surface area contributed by atoms with E-state index in [9.17, 15) is 0 Å². The van der Waals surface area contributed by atoms with Gasteiger partial charge in [0.2, 0.25) is 0 Å². The molecule has 0 aliphatic carbocycles. The van der Waals surface area contributed by atoms with E-state index in [4.69, 9.17) is 5.73 Å². The number of nitrogens with two attached hydrogens (primary N) is 1. The molecule has 0 bridgehead atoms. The van der Waals surface area contributed by atoms with Gasteiger partial charge >= 0.3 is 0 Å². The summed E-state index contributed by atoms with van der Waals surface area (Å²) in [5.41, 5.74) is 9.53. The summed E-state index contributed by atoms with van der Waals surface area (Å²) in [6.07, 6.45) is 1.62. The first-order valence-electron chi connectivity index (χ1n) is 4.75. The van der Waals surface area contributed by atoms with Gasteiger partial charge in [-0.2, -0.15) is 5.10 Å². The lowest BCUT2D eigenvalue weighted by Crippen LogP contribution is -2.08. The second-order valence-corrected chi connectivity index (χ2v) is 3.65. The summed E-state index contributed by atoms with van der Waals surface area (Å²) in [7, 11) is 4.02. The molecule has 0 saturated carbocycles. The number of benzene rings is 1. The number of anilines is 2. The Morgan fingerprint density at radius 2 is 2.13 bits per heavy atom. The SMILES string of the molecule is CN(C)c1cccc(-c2[nH]ncc2N)c1. The van der Waals surface area contributed by atoms with Crippen LogP contribution in [0, 0.1) is 0 Å². The highest BCUT2D eigenvalue weighted by Gasteiger charge is 2.05. The molecule has 1 aromatic carbocycles. The van der Waals surface area contributed by atoms with Crippen molar-refractivity contribution < 1.29 is 0 Å². The zero-order valence-electron chi connectivity index (χ0n) is 8.86. The molecule has 0 unspecified atom stereocenters. The van der Waals surface area contributed by atoms with Gasteiger partial charge in [0, 0.05) is 25.3 Å². The average Bonchev–Trinajstić information content (AvgIpc) is 2.64. The molecule has 3 N–H and O–H groups in total. The van der Waals surface area contributed by atoms with Crippen molar-refractivity contribution in [3.8, 4) is 11.3 Å². The molecular formula is C11H14N4. The second-order valence-electron chi connectivity index (χ2n) is 3.65. The molecule has 0 saturated heterocycles. The Kier molecular flexibility index (Phi) is 2.33. The van der Waals surface area contributed by atoms with Crippen LogP contribution in [0.2, 0.25) is 0 Å². The van der Waals surface area contributed by atoms with Gasteiger partial charge in [-0.1, -0.05) is 12.1 Å². The van der Waals surface area contributed by atoms with Crippen molar-refractivity contribution in [3.63, 3.8) is 0 Å². The predicted molar refractivity (Wildman–Crippen MR) is 62.8 cm³/mol. The summed E-state index contributed by atoms with van der Waals surface area (Å²) in [6, 6.07) is 8.14. The molecule has 2 aromatic rings. The maximum Gasteiger partial charge on any atom is 0.0880 e. The van der Waals surface area contributed by atoms with E-state index in [-0.39, 0.29) is 0 Å². The molecule has 15 heavy (non-hydrogen) atoms. The zero-order valence-corrected chi connectivity index (χ0v) is 8.86. The molecule has 78 valence electrons. The lowest BCUT2D eigenvalue weighted by Gasteiger charge is -2.13. The first-order chi connectivity index (χ1) is 7.18. The molecule has 2 rings (SSSR count). The number of nitrogens with zero attached hydrogens (tertiary/aromatic N) is 2. The largest absolute Gasteiger partial charge is 0.396 e. The fourth-order valence-electron chi connectivity index (χ4n) is 1.47. The number of aromatic nitrogens is 2. The topological polar surface area (TPSA) is 57.9 Å². The van der Waals surface area contributed by atoms with Crippen LogP contribution < -0.4 is 10.6 Å². The van der Waals surface area contributed by atoms with E-state index in [1.165, 1.54) is 0 Å². The van der Waals surface area contributed by atoms with Crippen molar-refractivity contribution in [1.29, 1.82) is 0 Å². The highest BCUT2D eigenvalue weighted by molar-refractivity contribution is 5.74. The van der Waals surface area contributed by atoms with E-state index in [0.29, 0.717) is 5.69 Å². The van der Waals surface area contributed by atoms with Gasteiger partial charge in [0.25, 0.3) is 0 Å². The lowest BCUT2D eigenvalue weighted by molar-refractivity contribution is 1.09. The Hall–Kier alpha value is -1.97. The van der Waals surface area contributed by atoms with Gasteiger partial charge in [0.15, 0.2) is 0 Å². The molecular weight excluding hydrogens is 188 g/mol. The fraction of sp³-hybridized carbons (Fsp3) is 0.182. The summed E-state index contributed by atoms with van der Waals surface area (Å²) in [5, 5.41) is 6.80. The normalized spacial score (nSPS) is 10.3. The van der Waals surface area contributed by atoms with E-state index < -0.39 is 0 Å². The average molecular weight is 202 g/mol. The second kappa shape index (κ2) is 3.65. The van der Waals surface area contributed by atoms with Gasteiger partial charge in [-0.25, -0.2) is 0 Å². The molecule has 0 amide bonds. The van der Waals surface area contributed by atoms with E-state index in [0.717, 1.165) is 16.9 Å². The number of hydrogen-bond donors (Lipinski definition) is 2. The number of nitrogens with one attached hydrogen (secondary N) is 1. The maximum atomic E-state index is 5.79. The van der Waals surface area contributed by atoms with Crippen LogP contribution in [-0.2, 0) is 0 Å². The van der Waals surface area contributed by atoms with Crippen molar-refractivity contribution >= 4 is 11.4 Å². The summed E-state index contributed by atoms with van der Waals surface area (Å²) in [4.78, 5) is 2.05. The predicted octanol–water partition coefficient (Wildman–Crippen LogP) is 1.72. The minimum atomic E-state index is 0.672. The van der Waals surface area contributed by atoms with E-state index >= 15 is 0 Å². The summed E-state index contributed by atoms with van der Waals surface area (Å²) in [5.74, 6) is 0. The van der Waals surface area contributed by atoms with Crippen LogP contribution >= 0.6 is 0 Å². The molecule has 4 heteroatoms. The quantitative estimate of drug-likeness (QED) is 0.779. The first-order valence-corrected chi connectivity index (χ1v) is 4.75. The van der Waals surface area contributed by atoms with Gasteiger partial charge in [0.1, 0.15) is 0 Å². The van der Waals surface area contributed by atoms with Gasteiger partial charge in [-0.3, -0.25) is 5.10 Å². The summed E-state index contributed by atoms with van der Waals surface area (Å²) < 4.78 is 0. The third-order valence-electron chi connectivity index (χ3n) is 2.32. The molecule has 0 aliphatic rings. The molecule has 0 aliphatic heterocycles. The molecule has 0 spiro atoms. The molecule has 1 aromatic heterocycles. The standard InChI is InChI=1S/C11H14N4/c1-15(2)9-5-3-4-8(6-9)11-10(12)7-13-14-11/h3-7H,12H2,1-2H3,(H,13,14). The van der Waals surface area contributed by atoms with E-state index in [1.54, 1.807) is 6.20 Å². The molecule has 0 radical (unpaired) electrons. The molecule has 1 heterocycles. The van der Waals surface area contributed by atoms with Crippen LogP contribution in [-0.4, -0.2) is 24.3 Å². The Morgan fingerprint density at radius 1 is 1.33 bits per heavy atom. The third kappa shape index (κ3) is 1.79. The van der Waals surface area contributed by atoms with Gasteiger partial charge in [0.05, 0.1) is 17.6 Å². The number of hydrogen-bond acceptors (Lipinski definition) is 3. The molecule has 0 atom stereocenters. The number of H-pyrrole nitrogens is 1. The fourth-order valence-corrected chi connectivity index (χ4v) is 1.47. The highest BCUT2D eigenvalue weighted by Crippen LogP contribution is 2.25. The number of rotatable bonds is 2. The third-order valence-corrected chi connectivity index (χ3v) is 2.32. The molecule has 0 fully saturated rings. The lowest BCUT2D eigenvalue weighted by atomic mass is 10.1.